The Kier molecular flexibility index (Phi) is 7.74. The molecule has 0 aliphatic carbocycles. The Morgan fingerprint density at radius 2 is 1.70 bits per heavy atom. The summed E-state index contributed by atoms with van der Waals surface area (Å²) in [6.07, 6.45) is -3.04. The van der Waals surface area contributed by atoms with Gasteiger partial charge in [0.15, 0.2) is 0 Å². The highest BCUT2D eigenvalue weighted by Crippen LogP contribution is 2.52. The fourth-order valence-electron chi connectivity index (χ4n) is 5.16. The number of methoxy groups -OCH3 is 1. The zero-order valence-corrected chi connectivity index (χ0v) is 22.9. The molecule has 2 aromatic carbocycles. The summed E-state index contributed by atoms with van der Waals surface area (Å²) in [6.45, 7) is 6.36. The van der Waals surface area contributed by atoms with E-state index in [-0.39, 0.29) is 17.2 Å². The molecular formula is C28H34N4O8. The first-order valence-electron chi connectivity index (χ1n) is 12.9. The van der Waals surface area contributed by atoms with Crippen molar-refractivity contribution in [2.24, 2.45) is 5.92 Å². The van der Waals surface area contributed by atoms with Crippen LogP contribution >= 0.6 is 0 Å². The monoisotopic (exact) mass is 554 g/mol. The van der Waals surface area contributed by atoms with Crippen LogP contribution in [0.2, 0.25) is 0 Å². The summed E-state index contributed by atoms with van der Waals surface area (Å²) in [6, 6.07) is 11.2. The number of benzene rings is 2. The van der Waals surface area contributed by atoms with Crippen molar-refractivity contribution in [2.75, 3.05) is 17.3 Å². The molecule has 0 saturated carbocycles. The van der Waals surface area contributed by atoms with Gasteiger partial charge in [-0.05, 0) is 38.0 Å². The summed E-state index contributed by atoms with van der Waals surface area (Å²) in [5, 5.41) is 39.1. The molecule has 2 aromatic rings. The fraction of sp³-hybridized carbons (Fsp3) is 0.429. The van der Waals surface area contributed by atoms with Gasteiger partial charge in [0.05, 0.1) is 24.0 Å². The molecule has 5 N–H and O–H groups in total. The van der Waals surface area contributed by atoms with E-state index in [0.29, 0.717) is 11.3 Å². The lowest BCUT2D eigenvalue weighted by molar-refractivity contribution is -0.209. The van der Waals surface area contributed by atoms with E-state index in [2.05, 4.69) is 10.6 Å². The number of aliphatic hydroxyl groups is 2. The molecule has 0 aromatic heterocycles. The molecule has 3 amide bonds. The molecule has 2 heterocycles. The molecule has 1 fully saturated rings. The highest BCUT2D eigenvalue weighted by atomic mass is 16.5. The SMILES string of the molecule is COC(=O)C(C[C@]1(O)c2ccccc2N2C(=O)C(C)(C)N(O)[C@H]21)NC(=O)c1ccccc1NC(=O)C(O)C(C)C. The maximum Gasteiger partial charge on any atom is 0.328 e. The third-order valence-corrected chi connectivity index (χ3v) is 7.48. The number of rotatable bonds is 8. The van der Waals surface area contributed by atoms with Crippen LogP contribution in [0.3, 0.4) is 0 Å². The zero-order chi connectivity index (χ0) is 29.6. The summed E-state index contributed by atoms with van der Waals surface area (Å²) in [7, 11) is 1.13. The zero-order valence-electron chi connectivity index (χ0n) is 22.9. The second-order valence-electron chi connectivity index (χ2n) is 10.9. The molecule has 2 aliphatic heterocycles. The van der Waals surface area contributed by atoms with E-state index < -0.39 is 59.6 Å². The van der Waals surface area contributed by atoms with E-state index in [1.54, 1.807) is 50.2 Å². The average Bonchev–Trinajstić information content (AvgIpc) is 3.28. The number of amides is 3. The Morgan fingerprint density at radius 1 is 1.07 bits per heavy atom. The number of fused-ring (bicyclic) bond motifs is 3. The van der Waals surface area contributed by atoms with Crippen LogP contribution in [0.4, 0.5) is 11.4 Å². The second kappa shape index (κ2) is 10.6. The molecule has 4 atom stereocenters. The van der Waals surface area contributed by atoms with Crippen molar-refractivity contribution in [3.05, 3.63) is 59.7 Å². The molecule has 1 saturated heterocycles. The maximum atomic E-state index is 13.4. The first kappa shape index (κ1) is 29.2. The first-order chi connectivity index (χ1) is 18.7. The predicted molar refractivity (Wildman–Crippen MR) is 143 cm³/mol. The summed E-state index contributed by atoms with van der Waals surface area (Å²) < 4.78 is 4.92. The Morgan fingerprint density at radius 3 is 2.35 bits per heavy atom. The van der Waals surface area contributed by atoms with Crippen LogP contribution < -0.4 is 15.5 Å². The van der Waals surface area contributed by atoms with Gasteiger partial charge in [0.1, 0.15) is 29.5 Å². The van der Waals surface area contributed by atoms with Crippen LogP contribution in [0.25, 0.3) is 0 Å². The summed E-state index contributed by atoms with van der Waals surface area (Å²) >= 11 is 0. The summed E-state index contributed by atoms with van der Waals surface area (Å²) in [4.78, 5) is 53.3. The third kappa shape index (κ3) is 4.73. The van der Waals surface area contributed by atoms with Crippen molar-refractivity contribution in [1.29, 1.82) is 0 Å². The minimum atomic E-state index is -1.99. The number of aliphatic hydroxyl groups excluding tert-OH is 1. The van der Waals surface area contributed by atoms with E-state index in [1.807, 2.05) is 0 Å². The number of carbonyl (C=O) groups excluding carboxylic acids is 4. The number of nitrogens with zero attached hydrogens (tertiary/aromatic N) is 2. The number of hydrogen-bond acceptors (Lipinski definition) is 9. The Balaban J connectivity index is 1.67. The third-order valence-electron chi connectivity index (χ3n) is 7.48. The van der Waals surface area contributed by atoms with Crippen LogP contribution in [0.15, 0.2) is 48.5 Å². The molecule has 0 radical (unpaired) electrons. The van der Waals surface area contributed by atoms with Gasteiger partial charge in [-0.25, -0.2) is 4.79 Å². The van der Waals surface area contributed by atoms with Gasteiger partial charge < -0.3 is 30.8 Å². The molecule has 0 spiro atoms. The van der Waals surface area contributed by atoms with Crippen LogP contribution in [-0.4, -0.2) is 75.1 Å². The number of ether oxygens (including phenoxy) is 1. The Hall–Kier alpha value is -3.84. The smallest absolute Gasteiger partial charge is 0.328 e. The van der Waals surface area contributed by atoms with Crippen molar-refractivity contribution >= 4 is 35.1 Å². The standard InChI is InChI=1S/C28H34N4O8/c1-15(2)21(33)23(35)29-18-12-8-6-10-16(18)22(34)30-19(24(36)40-5)14-28(38)17-11-7-9-13-20(17)31-25(28)32(39)27(3,4)26(31)37/h6-13,15,19,21,25,33,38-39H,14H2,1-5H3,(H,29,35)(H,30,34)/t19?,21?,25-,28-/m0/s1. The molecule has 2 unspecified atom stereocenters. The van der Waals surface area contributed by atoms with Gasteiger partial charge in [-0.15, -0.1) is 0 Å². The Labute approximate surface area is 231 Å². The molecular weight excluding hydrogens is 520 g/mol. The number of anilines is 2. The van der Waals surface area contributed by atoms with Crippen LogP contribution in [-0.2, 0) is 24.7 Å². The van der Waals surface area contributed by atoms with Gasteiger partial charge in [0.2, 0.25) is 0 Å². The lowest BCUT2D eigenvalue weighted by atomic mass is 9.85. The van der Waals surface area contributed by atoms with Crippen molar-refractivity contribution in [1.82, 2.24) is 10.4 Å². The predicted octanol–water partition coefficient (Wildman–Crippen LogP) is 1.35. The van der Waals surface area contributed by atoms with Crippen molar-refractivity contribution in [3.63, 3.8) is 0 Å². The number of para-hydroxylation sites is 2. The molecule has 0 bridgehead atoms. The number of hydrogen-bond donors (Lipinski definition) is 5. The van der Waals surface area contributed by atoms with E-state index >= 15 is 0 Å². The minimum absolute atomic E-state index is 0.00195. The van der Waals surface area contributed by atoms with E-state index in [9.17, 15) is 34.6 Å². The molecule has 2 aliphatic rings. The highest BCUT2D eigenvalue weighted by molar-refractivity contribution is 6.06. The van der Waals surface area contributed by atoms with E-state index in [1.165, 1.54) is 30.9 Å². The molecule has 12 nitrogen and oxygen atoms in total. The number of nitrogens with one attached hydrogen (secondary N) is 2. The normalized spacial score (nSPS) is 22.9. The van der Waals surface area contributed by atoms with Crippen molar-refractivity contribution < 1.29 is 39.3 Å². The van der Waals surface area contributed by atoms with Crippen LogP contribution in [0.1, 0.15) is 50.0 Å². The van der Waals surface area contributed by atoms with Gasteiger partial charge in [-0.2, -0.15) is 5.06 Å². The van der Waals surface area contributed by atoms with Gasteiger partial charge in [-0.3, -0.25) is 19.3 Å². The topological polar surface area (TPSA) is 169 Å². The molecule has 4 rings (SSSR count). The largest absolute Gasteiger partial charge is 0.467 e. The second-order valence-corrected chi connectivity index (χ2v) is 10.9. The van der Waals surface area contributed by atoms with E-state index in [4.69, 9.17) is 4.74 Å². The van der Waals surface area contributed by atoms with Crippen molar-refractivity contribution in [2.45, 2.75) is 63.6 Å². The van der Waals surface area contributed by atoms with Gasteiger partial charge >= 0.3 is 5.97 Å². The van der Waals surface area contributed by atoms with E-state index in [0.717, 1.165) is 12.2 Å². The van der Waals surface area contributed by atoms with Gasteiger partial charge in [0, 0.05) is 12.0 Å². The number of carbonyl (C=O) groups is 4. The molecule has 40 heavy (non-hydrogen) atoms. The molecule has 214 valence electrons. The molecule has 12 heteroatoms. The lowest BCUT2D eigenvalue weighted by Gasteiger charge is -2.37. The maximum absolute atomic E-state index is 13.4. The average molecular weight is 555 g/mol. The quantitative estimate of drug-likeness (QED) is 0.302. The summed E-state index contributed by atoms with van der Waals surface area (Å²) in [5.74, 6) is -3.15. The van der Waals surface area contributed by atoms with Crippen LogP contribution in [0, 0.1) is 5.92 Å². The number of hydroxylamine groups is 2. The fourth-order valence-corrected chi connectivity index (χ4v) is 5.16. The first-order valence-corrected chi connectivity index (χ1v) is 12.9. The Bertz CT molecular complexity index is 1350. The highest BCUT2D eigenvalue weighted by Gasteiger charge is 2.65. The van der Waals surface area contributed by atoms with Gasteiger partial charge in [-0.1, -0.05) is 44.2 Å². The lowest BCUT2D eigenvalue weighted by Crippen LogP contribution is -2.56. The minimum Gasteiger partial charge on any atom is -0.467 e. The van der Waals surface area contributed by atoms with Crippen molar-refractivity contribution in [3.8, 4) is 0 Å². The number of esters is 1. The van der Waals surface area contributed by atoms with Crippen LogP contribution in [0.5, 0.6) is 0 Å². The van der Waals surface area contributed by atoms with Gasteiger partial charge in [0.25, 0.3) is 17.7 Å². The summed E-state index contributed by atoms with van der Waals surface area (Å²) in [5.41, 5.74) is -2.59.